The minimum Gasteiger partial charge on any atom is -0.0696 e. The molecule has 0 heterocycles. The van der Waals surface area contributed by atoms with Gasteiger partial charge in [0.1, 0.15) is 4.32 Å². The summed E-state index contributed by atoms with van der Waals surface area (Å²) >= 11 is 4.01. The van der Waals surface area contributed by atoms with Gasteiger partial charge in [-0.1, -0.05) is 107 Å². The Morgan fingerprint density at radius 3 is 0.952 bits per heavy atom. The summed E-state index contributed by atoms with van der Waals surface area (Å²) in [4.78, 5) is 0. The molecule has 21 heavy (non-hydrogen) atoms. The third kappa shape index (κ3) is 3.10. The molecule has 0 fully saturated rings. The number of alkyl halides is 1. The van der Waals surface area contributed by atoms with E-state index in [9.17, 15) is 0 Å². The van der Waals surface area contributed by atoms with E-state index in [1.807, 2.05) is 18.2 Å². The zero-order chi connectivity index (χ0) is 13.8. The van der Waals surface area contributed by atoms with Crippen LogP contribution < -0.4 is 0 Å². The molecule has 0 bridgehead atoms. The highest BCUT2D eigenvalue weighted by Gasteiger charge is 2.32. The van der Waals surface area contributed by atoms with Crippen molar-refractivity contribution < 1.29 is 0 Å². The van der Waals surface area contributed by atoms with Gasteiger partial charge in [-0.25, -0.2) is 0 Å². The Balaban J connectivity index is 0.00000161. The predicted octanol–water partition coefficient (Wildman–Crippen LogP) is 5.16. The van der Waals surface area contributed by atoms with Gasteiger partial charge in [-0.05, 0) is 26.6 Å². The molecule has 0 N–H and O–H groups in total. The molecule has 0 radical (unpaired) electrons. The van der Waals surface area contributed by atoms with E-state index in [0.717, 1.165) is 0 Å². The van der Waals surface area contributed by atoms with Crippen molar-refractivity contribution in [1.29, 1.82) is 0 Å². The van der Waals surface area contributed by atoms with Crippen LogP contribution in [0.4, 0.5) is 0 Å². The molecule has 3 aromatic carbocycles. The van der Waals surface area contributed by atoms with E-state index >= 15 is 0 Å². The molecule has 0 aromatic heterocycles. The SMILES string of the molecule is BrC(c1ccccc1)(c1ccccc1)c1ccccc1.[PH4+]. The van der Waals surface area contributed by atoms with E-state index < -0.39 is 0 Å². The summed E-state index contributed by atoms with van der Waals surface area (Å²) < 4.78 is -0.309. The summed E-state index contributed by atoms with van der Waals surface area (Å²) in [6.07, 6.45) is 0. The highest BCUT2D eigenvalue weighted by atomic mass is 79.9. The molecule has 3 rings (SSSR count). The summed E-state index contributed by atoms with van der Waals surface area (Å²) in [6, 6.07) is 31.6. The van der Waals surface area contributed by atoms with Gasteiger partial charge in [0.25, 0.3) is 0 Å². The highest BCUT2D eigenvalue weighted by molar-refractivity contribution is 9.10. The Labute approximate surface area is 138 Å². The molecule has 0 aliphatic rings. The van der Waals surface area contributed by atoms with Gasteiger partial charge < -0.3 is 0 Å². The smallest absolute Gasteiger partial charge is 0.0696 e. The number of hydrogen-bond donors (Lipinski definition) is 0. The summed E-state index contributed by atoms with van der Waals surface area (Å²) in [5, 5.41) is 0. The maximum atomic E-state index is 4.01. The molecule has 106 valence electrons. The van der Waals surface area contributed by atoms with Crippen molar-refractivity contribution in [2.24, 2.45) is 0 Å². The largest absolute Gasteiger partial charge is 0.100 e. The van der Waals surface area contributed by atoms with Crippen molar-refractivity contribution >= 4 is 25.8 Å². The summed E-state index contributed by atoms with van der Waals surface area (Å²) in [5.74, 6) is 0. The summed E-state index contributed by atoms with van der Waals surface area (Å²) in [7, 11) is 0. The van der Waals surface area contributed by atoms with Crippen LogP contribution in [0.2, 0.25) is 0 Å². The molecule has 0 saturated heterocycles. The monoisotopic (exact) mass is 357 g/mol. The maximum absolute atomic E-state index is 4.01. The van der Waals surface area contributed by atoms with Crippen molar-refractivity contribution in [3.63, 3.8) is 0 Å². The first kappa shape index (κ1) is 15.9. The second kappa shape index (κ2) is 7.02. The fourth-order valence-electron chi connectivity index (χ4n) is 2.50. The quantitative estimate of drug-likeness (QED) is 0.345. The van der Waals surface area contributed by atoms with Crippen LogP contribution in [0.15, 0.2) is 91.0 Å². The number of rotatable bonds is 3. The van der Waals surface area contributed by atoms with Crippen LogP contribution in [0, 0.1) is 0 Å². The van der Waals surface area contributed by atoms with Crippen LogP contribution in [-0.4, -0.2) is 0 Å². The molecule has 0 nitrogen and oxygen atoms in total. The van der Waals surface area contributed by atoms with Crippen LogP contribution >= 0.6 is 25.8 Å². The number of hydrogen-bond acceptors (Lipinski definition) is 0. The van der Waals surface area contributed by atoms with Crippen LogP contribution in [0.5, 0.6) is 0 Å². The number of halogens is 1. The van der Waals surface area contributed by atoms with E-state index in [1.54, 1.807) is 0 Å². The molecule has 1 atom stereocenters. The Bertz CT molecular complexity index is 569. The summed E-state index contributed by atoms with van der Waals surface area (Å²) in [5.41, 5.74) is 3.70. The maximum Gasteiger partial charge on any atom is 0.100 e. The van der Waals surface area contributed by atoms with Crippen LogP contribution in [-0.2, 0) is 4.32 Å². The van der Waals surface area contributed by atoms with E-state index in [1.165, 1.54) is 16.7 Å². The second-order valence-electron chi connectivity index (χ2n) is 4.76. The van der Waals surface area contributed by atoms with Gasteiger partial charge >= 0.3 is 0 Å². The molecular weight excluding hydrogens is 339 g/mol. The molecule has 0 aliphatic carbocycles. The lowest BCUT2D eigenvalue weighted by Gasteiger charge is -2.29. The van der Waals surface area contributed by atoms with E-state index in [0.29, 0.717) is 0 Å². The minimum atomic E-state index is -0.309. The van der Waals surface area contributed by atoms with Crippen molar-refractivity contribution in [2.75, 3.05) is 0 Å². The Morgan fingerprint density at radius 1 is 0.476 bits per heavy atom. The third-order valence-electron chi connectivity index (χ3n) is 3.51. The van der Waals surface area contributed by atoms with Gasteiger partial charge in [0, 0.05) is 0 Å². The summed E-state index contributed by atoms with van der Waals surface area (Å²) in [6.45, 7) is 0. The average Bonchev–Trinajstić information content (AvgIpc) is 2.56. The van der Waals surface area contributed by atoms with Gasteiger partial charge in [0.05, 0.1) is 0 Å². The molecule has 0 spiro atoms. The van der Waals surface area contributed by atoms with Crippen LogP contribution in [0.25, 0.3) is 0 Å². The zero-order valence-electron chi connectivity index (χ0n) is 12.0. The lowest BCUT2D eigenvalue weighted by molar-refractivity contribution is 0.917. The van der Waals surface area contributed by atoms with E-state index in [-0.39, 0.29) is 14.2 Å². The van der Waals surface area contributed by atoms with Crippen molar-refractivity contribution in [3.8, 4) is 0 Å². The van der Waals surface area contributed by atoms with Crippen LogP contribution in [0.1, 0.15) is 16.7 Å². The Morgan fingerprint density at radius 2 is 0.714 bits per heavy atom. The molecule has 0 amide bonds. The van der Waals surface area contributed by atoms with Crippen LogP contribution in [0.3, 0.4) is 0 Å². The van der Waals surface area contributed by atoms with Crippen molar-refractivity contribution in [1.82, 2.24) is 0 Å². The third-order valence-corrected chi connectivity index (χ3v) is 4.89. The van der Waals surface area contributed by atoms with Crippen molar-refractivity contribution in [3.05, 3.63) is 108 Å². The predicted molar refractivity (Wildman–Crippen MR) is 101 cm³/mol. The van der Waals surface area contributed by atoms with Gasteiger partial charge in [-0.2, -0.15) is 0 Å². The van der Waals surface area contributed by atoms with Gasteiger partial charge in [-0.3, -0.25) is 0 Å². The molecule has 1 unspecified atom stereocenters. The highest BCUT2D eigenvalue weighted by Crippen LogP contribution is 2.44. The van der Waals surface area contributed by atoms with Crippen molar-refractivity contribution in [2.45, 2.75) is 4.32 Å². The normalized spacial score (nSPS) is 10.7. The van der Waals surface area contributed by atoms with E-state index in [2.05, 4.69) is 88.7 Å². The zero-order valence-corrected chi connectivity index (χ0v) is 15.6. The second-order valence-corrected chi connectivity index (χ2v) is 5.95. The topological polar surface area (TPSA) is 0 Å². The molecule has 3 aromatic rings. The first-order valence-electron chi connectivity index (χ1n) is 6.67. The molecule has 2 heteroatoms. The molecule has 0 saturated carbocycles. The van der Waals surface area contributed by atoms with Gasteiger partial charge in [-0.15, -0.1) is 0 Å². The average molecular weight is 358 g/mol. The first-order valence-corrected chi connectivity index (χ1v) is 7.46. The number of benzene rings is 3. The lowest BCUT2D eigenvalue weighted by Crippen LogP contribution is -2.21. The van der Waals surface area contributed by atoms with Gasteiger partial charge in [0.15, 0.2) is 0 Å². The Kier molecular flexibility index (Phi) is 5.33. The fraction of sp³-hybridized carbons (Fsp3) is 0.0526. The Hall–Kier alpha value is -1.43. The molecule has 0 aliphatic heterocycles. The van der Waals surface area contributed by atoms with E-state index in [4.69, 9.17) is 0 Å². The first-order chi connectivity index (χ1) is 9.82. The standard InChI is InChI=1S/C19H15Br.H3P/c20-19(16-10-4-1-5-11-16,17-12-6-2-7-13-17)18-14-8-3-9-15-18;/h1-15H;1H3/p+1. The van der Waals surface area contributed by atoms with Gasteiger partial charge in [0.2, 0.25) is 0 Å². The molecular formula is C19H19BrP+. The fourth-order valence-corrected chi connectivity index (χ4v) is 3.30. The lowest BCUT2D eigenvalue weighted by atomic mass is 9.85. The minimum absolute atomic E-state index is 0.